The molecule has 3 heteroatoms. The van der Waals surface area contributed by atoms with Crippen molar-refractivity contribution in [3.05, 3.63) is 12.2 Å². The van der Waals surface area contributed by atoms with E-state index in [1.165, 1.54) is 70.0 Å². The minimum atomic E-state index is 1.10. The summed E-state index contributed by atoms with van der Waals surface area (Å²) >= 11 is 0. The van der Waals surface area contributed by atoms with Gasteiger partial charge in [-0.25, -0.2) is 0 Å². The van der Waals surface area contributed by atoms with Gasteiger partial charge < -0.3 is 4.57 Å². The molecule has 0 saturated heterocycles. The highest BCUT2D eigenvalue weighted by Crippen LogP contribution is 2.09. The van der Waals surface area contributed by atoms with Gasteiger partial charge in [-0.05, 0) is 12.8 Å². The van der Waals surface area contributed by atoms with Crippen molar-refractivity contribution in [1.82, 2.24) is 14.8 Å². The summed E-state index contributed by atoms with van der Waals surface area (Å²) in [4.78, 5) is 0. The highest BCUT2D eigenvalue weighted by atomic mass is 15.3. The maximum Gasteiger partial charge on any atom is 0.132 e. The van der Waals surface area contributed by atoms with E-state index in [1.807, 2.05) is 6.33 Å². The fourth-order valence-electron chi connectivity index (χ4n) is 2.43. The van der Waals surface area contributed by atoms with Gasteiger partial charge in [-0.3, -0.25) is 0 Å². The van der Waals surface area contributed by atoms with Crippen molar-refractivity contribution < 1.29 is 0 Å². The van der Waals surface area contributed by atoms with Crippen LogP contribution in [0.25, 0.3) is 0 Å². The van der Waals surface area contributed by atoms with Gasteiger partial charge in [-0.1, -0.05) is 65.2 Å². The molecular formula is C16H31N3. The molecule has 0 bridgehead atoms. The van der Waals surface area contributed by atoms with Gasteiger partial charge in [-0.15, -0.1) is 10.2 Å². The summed E-state index contributed by atoms with van der Waals surface area (Å²) in [6.45, 7) is 5.62. The lowest BCUT2D eigenvalue weighted by molar-refractivity contribution is 0.543. The van der Waals surface area contributed by atoms with Crippen LogP contribution in [0.5, 0.6) is 0 Å². The second-order valence-electron chi connectivity index (χ2n) is 5.52. The minimum absolute atomic E-state index is 1.10. The van der Waals surface area contributed by atoms with Crippen LogP contribution >= 0.6 is 0 Å². The van der Waals surface area contributed by atoms with Crippen LogP contribution in [0.4, 0.5) is 0 Å². The molecule has 0 atom stereocenters. The smallest absolute Gasteiger partial charge is 0.132 e. The summed E-state index contributed by atoms with van der Waals surface area (Å²) in [7, 11) is 0. The Morgan fingerprint density at radius 3 is 2.16 bits per heavy atom. The zero-order chi connectivity index (χ0) is 13.8. The van der Waals surface area contributed by atoms with Crippen LogP contribution < -0.4 is 0 Å². The largest absolute Gasteiger partial charge is 0.318 e. The number of nitrogens with zero attached hydrogens (tertiary/aromatic N) is 3. The Kier molecular flexibility index (Phi) is 9.38. The molecule has 0 saturated carbocycles. The Balaban J connectivity index is 2.15. The van der Waals surface area contributed by atoms with E-state index in [-0.39, 0.29) is 0 Å². The Labute approximate surface area is 118 Å². The van der Waals surface area contributed by atoms with Crippen LogP contribution in [0.2, 0.25) is 0 Å². The zero-order valence-corrected chi connectivity index (χ0v) is 12.9. The van der Waals surface area contributed by atoms with E-state index in [1.54, 1.807) is 0 Å². The molecule has 0 N–H and O–H groups in total. The topological polar surface area (TPSA) is 30.7 Å². The summed E-state index contributed by atoms with van der Waals surface area (Å²) in [5, 5.41) is 8.33. The van der Waals surface area contributed by atoms with Gasteiger partial charge in [0, 0.05) is 13.0 Å². The van der Waals surface area contributed by atoms with Crippen molar-refractivity contribution in [3.63, 3.8) is 0 Å². The van der Waals surface area contributed by atoms with E-state index in [0.717, 1.165) is 13.0 Å². The molecule has 0 aromatic carbocycles. The zero-order valence-electron chi connectivity index (χ0n) is 12.9. The van der Waals surface area contributed by atoms with Crippen LogP contribution in [0, 0.1) is 0 Å². The second-order valence-corrected chi connectivity index (χ2v) is 5.52. The van der Waals surface area contributed by atoms with E-state index in [9.17, 15) is 0 Å². The highest BCUT2D eigenvalue weighted by Gasteiger charge is 2.03. The summed E-state index contributed by atoms with van der Waals surface area (Å²) in [5.74, 6) is 1.19. The maximum absolute atomic E-state index is 4.26. The number of hydrogen-bond acceptors (Lipinski definition) is 2. The third-order valence-electron chi connectivity index (χ3n) is 3.70. The first-order chi connectivity index (χ1) is 9.38. The lowest BCUT2D eigenvalue weighted by atomic mass is 10.1. The Morgan fingerprint density at radius 2 is 1.47 bits per heavy atom. The number of rotatable bonds is 12. The van der Waals surface area contributed by atoms with Crippen LogP contribution in [0.3, 0.4) is 0 Å². The third kappa shape index (κ3) is 7.34. The second kappa shape index (κ2) is 11.0. The normalized spacial score (nSPS) is 11.1. The monoisotopic (exact) mass is 265 g/mol. The molecule has 0 fully saturated rings. The van der Waals surface area contributed by atoms with E-state index in [0.29, 0.717) is 0 Å². The molecule has 0 aliphatic carbocycles. The molecular weight excluding hydrogens is 234 g/mol. The van der Waals surface area contributed by atoms with Gasteiger partial charge in [0.1, 0.15) is 12.2 Å². The molecule has 1 aromatic heterocycles. The predicted molar refractivity (Wildman–Crippen MR) is 81.2 cm³/mol. The molecule has 3 nitrogen and oxygen atoms in total. The van der Waals surface area contributed by atoms with E-state index >= 15 is 0 Å². The standard InChI is InChI=1S/C16H31N3/c1-3-5-7-9-11-13-16-18-17-15-19(16)14-12-10-8-6-4-2/h15H,3-14H2,1-2H3. The number of aromatic nitrogens is 3. The van der Waals surface area contributed by atoms with E-state index in [4.69, 9.17) is 0 Å². The fraction of sp³-hybridized carbons (Fsp3) is 0.875. The Bertz CT molecular complexity index is 278. The first-order valence-electron chi connectivity index (χ1n) is 8.25. The molecule has 0 radical (unpaired) electrons. The van der Waals surface area contributed by atoms with Crippen LogP contribution in [0.1, 0.15) is 83.9 Å². The summed E-state index contributed by atoms with van der Waals surface area (Å²) < 4.78 is 2.26. The number of aryl methyl sites for hydroxylation is 2. The van der Waals surface area contributed by atoms with Crippen molar-refractivity contribution >= 4 is 0 Å². The van der Waals surface area contributed by atoms with Gasteiger partial charge >= 0.3 is 0 Å². The third-order valence-corrected chi connectivity index (χ3v) is 3.70. The molecule has 1 rings (SSSR count). The van der Waals surface area contributed by atoms with Gasteiger partial charge in [-0.2, -0.15) is 0 Å². The van der Waals surface area contributed by atoms with Crippen LogP contribution in [-0.4, -0.2) is 14.8 Å². The average molecular weight is 265 g/mol. The van der Waals surface area contributed by atoms with Crippen molar-refractivity contribution in [2.45, 2.75) is 91.0 Å². The summed E-state index contributed by atoms with van der Waals surface area (Å²) in [5.41, 5.74) is 0. The molecule has 0 aliphatic heterocycles. The van der Waals surface area contributed by atoms with Crippen molar-refractivity contribution in [3.8, 4) is 0 Å². The van der Waals surface area contributed by atoms with Crippen molar-refractivity contribution in [2.75, 3.05) is 0 Å². The lowest BCUT2D eigenvalue weighted by Crippen LogP contribution is -2.03. The SMILES string of the molecule is CCCCCCCc1nncn1CCCCCCC. The molecule has 110 valence electrons. The maximum atomic E-state index is 4.26. The van der Waals surface area contributed by atoms with Crippen molar-refractivity contribution in [1.29, 1.82) is 0 Å². The molecule has 1 aromatic rings. The summed E-state index contributed by atoms with van der Waals surface area (Å²) in [6.07, 6.45) is 16.3. The van der Waals surface area contributed by atoms with Crippen molar-refractivity contribution in [2.24, 2.45) is 0 Å². The minimum Gasteiger partial charge on any atom is -0.318 e. The molecule has 0 aliphatic rings. The van der Waals surface area contributed by atoms with Crippen LogP contribution in [-0.2, 0) is 13.0 Å². The molecule has 0 unspecified atom stereocenters. The predicted octanol–water partition coefficient (Wildman–Crippen LogP) is 4.76. The van der Waals surface area contributed by atoms with Gasteiger partial charge in [0.2, 0.25) is 0 Å². The van der Waals surface area contributed by atoms with E-state index < -0.39 is 0 Å². The van der Waals surface area contributed by atoms with E-state index in [2.05, 4.69) is 28.6 Å². The van der Waals surface area contributed by atoms with Crippen LogP contribution in [0.15, 0.2) is 6.33 Å². The Hall–Kier alpha value is -0.860. The molecule has 0 amide bonds. The number of hydrogen-bond donors (Lipinski definition) is 0. The first-order valence-corrected chi connectivity index (χ1v) is 8.25. The first kappa shape index (κ1) is 16.2. The molecule has 0 spiro atoms. The lowest BCUT2D eigenvalue weighted by Gasteiger charge is -2.06. The molecule has 1 heterocycles. The van der Waals surface area contributed by atoms with Gasteiger partial charge in [0.05, 0.1) is 0 Å². The van der Waals surface area contributed by atoms with Gasteiger partial charge in [0.25, 0.3) is 0 Å². The Morgan fingerprint density at radius 1 is 0.842 bits per heavy atom. The quantitative estimate of drug-likeness (QED) is 0.510. The number of unbranched alkanes of at least 4 members (excludes halogenated alkanes) is 8. The average Bonchev–Trinajstić information content (AvgIpc) is 2.86. The highest BCUT2D eigenvalue weighted by molar-refractivity contribution is 4.85. The fourth-order valence-corrected chi connectivity index (χ4v) is 2.43. The summed E-state index contributed by atoms with van der Waals surface area (Å²) in [6, 6.07) is 0. The molecule has 19 heavy (non-hydrogen) atoms. The van der Waals surface area contributed by atoms with Gasteiger partial charge in [0.15, 0.2) is 0 Å².